The van der Waals surface area contributed by atoms with Gasteiger partial charge >= 0.3 is 11.9 Å². The van der Waals surface area contributed by atoms with Crippen LogP contribution in [-0.2, 0) is 25.5 Å². The molecule has 110 valence electrons. The van der Waals surface area contributed by atoms with E-state index in [1.165, 1.54) is 0 Å². The van der Waals surface area contributed by atoms with Crippen molar-refractivity contribution in [1.82, 2.24) is 0 Å². The molecule has 0 aliphatic carbocycles. The van der Waals surface area contributed by atoms with Crippen molar-refractivity contribution in [3.63, 3.8) is 0 Å². The average Bonchev–Trinajstić information content (AvgIpc) is 3.08. The van der Waals surface area contributed by atoms with Crippen LogP contribution in [0.1, 0.15) is 5.56 Å². The number of carbonyl (C=O) groups is 2. The minimum absolute atomic E-state index is 0.243. The maximum Gasteiger partial charge on any atom is 0.312 e. The topological polar surface area (TPSA) is 72.8 Å². The highest BCUT2D eigenvalue weighted by Crippen LogP contribution is 2.39. The summed E-state index contributed by atoms with van der Waals surface area (Å²) in [6, 6.07) is 9.68. The Balaban J connectivity index is 1.58. The zero-order valence-corrected chi connectivity index (χ0v) is 11.3. The molecule has 2 aliphatic heterocycles. The number of benzene rings is 1. The summed E-state index contributed by atoms with van der Waals surface area (Å²) < 4.78 is 10.7. The van der Waals surface area contributed by atoms with Crippen LogP contribution < -0.4 is 0 Å². The van der Waals surface area contributed by atoms with Crippen LogP contribution in [0.15, 0.2) is 42.5 Å². The molecule has 2 bridgehead atoms. The minimum atomic E-state index is -1.02. The van der Waals surface area contributed by atoms with Crippen molar-refractivity contribution in [2.45, 2.75) is 18.6 Å². The Morgan fingerprint density at radius 3 is 2.43 bits per heavy atom. The third kappa shape index (κ3) is 2.69. The summed E-state index contributed by atoms with van der Waals surface area (Å²) in [7, 11) is 0. The summed E-state index contributed by atoms with van der Waals surface area (Å²) in [5.41, 5.74) is 1.07. The van der Waals surface area contributed by atoms with E-state index < -0.39 is 36.0 Å². The lowest BCUT2D eigenvalue weighted by atomic mass is 9.83. The second-order valence-electron chi connectivity index (χ2n) is 5.24. The molecule has 0 saturated carbocycles. The first kappa shape index (κ1) is 13.8. The highest BCUT2D eigenvalue weighted by atomic mass is 16.5. The van der Waals surface area contributed by atoms with Gasteiger partial charge in [0.15, 0.2) is 0 Å². The first-order valence-electron chi connectivity index (χ1n) is 6.94. The summed E-state index contributed by atoms with van der Waals surface area (Å²) in [5.74, 6) is -3.09. The van der Waals surface area contributed by atoms with E-state index in [1.807, 2.05) is 30.3 Å². The summed E-state index contributed by atoms with van der Waals surface area (Å²) in [5, 5.41) is 9.24. The molecular weight excluding hydrogens is 272 g/mol. The van der Waals surface area contributed by atoms with Crippen LogP contribution >= 0.6 is 0 Å². The molecule has 3 rings (SSSR count). The Bertz CT molecular complexity index is 565. The number of carboxylic acid groups (broad SMARTS) is 1. The van der Waals surface area contributed by atoms with Gasteiger partial charge in [-0.3, -0.25) is 9.59 Å². The van der Waals surface area contributed by atoms with E-state index in [0.717, 1.165) is 5.56 Å². The largest absolute Gasteiger partial charge is 0.481 e. The average molecular weight is 288 g/mol. The molecule has 0 amide bonds. The summed E-state index contributed by atoms with van der Waals surface area (Å²) in [6.07, 6.45) is 3.08. The van der Waals surface area contributed by atoms with Crippen LogP contribution in [0.4, 0.5) is 0 Å². The molecule has 0 spiro atoms. The molecule has 2 aliphatic rings. The number of ether oxygens (including phenoxy) is 2. The van der Waals surface area contributed by atoms with Gasteiger partial charge in [0, 0.05) is 6.42 Å². The molecule has 5 nitrogen and oxygen atoms in total. The highest BCUT2D eigenvalue weighted by molar-refractivity contribution is 5.84. The Hall–Kier alpha value is -2.14. The summed E-state index contributed by atoms with van der Waals surface area (Å²) in [6.45, 7) is 0.243. The fourth-order valence-electron chi connectivity index (χ4n) is 2.89. The smallest absolute Gasteiger partial charge is 0.312 e. The minimum Gasteiger partial charge on any atom is -0.481 e. The highest BCUT2D eigenvalue weighted by Gasteiger charge is 2.53. The quantitative estimate of drug-likeness (QED) is 0.655. The third-order valence-electron chi connectivity index (χ3n) is 3.93. The fourth-order valence-corrected chi connectivity index (χ4v) is 2.89. The lowest BCUT2D eigenvalue weighted by Gasteiger charge is -2.20. The summed E-state index contributed by atoms with van der Waals surface area (Å²) in [4.78, 5) is 23.4. The molecule has 1 N–H and O–H groups in total. The Morgan fingerprint density at radius 1 is 1.10 bits per heavy atom. The molecule has 1 fully saturated rings. The molecule has 1 saturated heterocycles. The van der Waals surface area contributed by atoms with Crippen LogP contribution in [0.3, 0.4) is 0 Å². The fraction of sp³-hybridized carbons (Fsp3) is 0.375. The van der Waals surface area contributed by atoms with Gasteiger partial charge in [-0.1, -0.05) is 42.5 Å². The van der Waals surface area contributed by atoms with Crippen molar-refractivity contribution in [1.29, 1.82) is 0 Å². The number of hydrogen-bond donors (Lipinski definition) is 1. The lowest BCUT2D eigenvalue weighted by Crippen LogP contribution is -2.37. The van der Waals surface area contributed by atoms with Crippen LogP contribution in [0.2, 0.25) is 0 Å². The Morgan fingerprint density at radius 2 is 1.76 bits per heavy atom. The SMILES string of the molecule is O=C(O)[C@H]1[C@H](C(=O)OCCc2ccccc2)[C@H]2C=C[C@@H]1O2. The lowest BCUT2D eigenvalue weighted by molar-refractivity contribution is -0.156. The third-order valence-corrected chi connectivity index (χ3v) is 3.93. The maximum absolute atomic E-state index is 12.1. The van der Waals surface area contributed by atoms with E-state index in [1.54, 1.807) is 12.2 Å². The van der Waals surface area contributed by atoms with E-state index in [-0.39, 0.29) is 6.61 Å². The predicted octanol–water partition coefficient (Wildman–Crippen LogP) is 1.43. The van der Waals surface area contributed by atoms with Crippen molar-refractivity contribution >= 4 is 11.9 Å². The molecule has 1 aromatic rings. The van der Waals surface area contributed by atoms with Gasteiger partial charge in [0.05, 0.1) is 18.8 Å². The number of fused-ring (bicyclic) bond motifs is 2. The molecule has 2 heterocycles. The number of hydrogen-bond acceptors (Lipinski definition) is 4. The number of esters is 1. The zero-order chi connectivity index (χ0) is 14.8. The standard InChI is InChI=1S/C16H16O5/c17-15(18)13-11-6-7-12(21-11)14(13)16(19)20-9-8-10-4-2-1-3-5-10/h1-7,11-14H,8-9H2,(H,17,18)/t11-,12+,13+,14+/m0/s1. The van der Waals surface area contributed by atoms with Gasteiger partial charge in [0.2, 0.25) is 0 Å². The van der Waals surface area contributed by atoms with Crippen molar-refractivity contribution in [3.05, 3.63) is 48.0 Å². The van der Waals surface area contributed by atoms with Crippen molar-refractivity contribution in [2.24, 2.45) is 11.8 Å². The second-order valence-corrected chi connectivity index (χ2v) is 5.24. The number of carboxylic acids is 1. The number of aliphatic carboxylic acids is 1. The van der Waals surface area contributed by atoms with Crippen LogP contribution in [-0.4, -0.2) is 35.9 Å². The Kier molecular flexibility index (Phi) is 3.75. The summed E-state index contributed by atoms with van der Waals surface area (Å²) >= 11 is 0. The van der Waals surface area contributed by atoms with E-state index in [4.69, 9.17) is 9.47 Å². The van der Waals surface area contributed by atoms with Gasteiger partial charge in [-0.25, -0.2) is 0 Å². The molecule has 4 atom stereocenters. The zero-order valence-electron chi connectivity index (χ0n) is 11.3. The van der Waals surface area contributed by atoms with E-state index in [2.05, 4.69) is 0 Å². The first-order valence-corrected chi connectivity index (χ1v) is 6.94. The monoisotopic (exact) mass is 288 g/mol. The van der Waals surface area contributed by atoms with Crippen molar-refractivity contribution in [2.75, 3.05) is 6.61 Å². The van der Waals surface area contributed by atoms with Gasteiger partial charge in [-0.2, -0.15) is 0 Å². The first-order chi connectivity index (χ1) is 10.2. The molecule has 0 unspecified atom stereocenters. The van der Waals surface area contributed by atoms with E-state index >= 15 is 0 Å². The van der Waals surface area contributed by atoms with Crippen molar-refractivity contribution < 1.29 is 24.2 Å². The van der Waals surface area contributed by atoms with Crippen LogP contribution in [0.5, 0.6) is 0 Å². The van der Waals surface area contributed by atoms with Crippen LogP contribution in [0.25, 0.3) is 0 Å². The van der Waals surface area contributed by atoms with Crippen LogP contribution in [0, 0.1) is 11.8 Å². The Labute approximate surface area is 122 Å². The van der Waals surface area contributed by atoms with E-state index in [0.29, 0.717) is 6.42 Å². The molecule has 0 radical (unpaired) electrons. The second kappa shape index (κ2) is 5.69. The van der Waals surface area contributed by atoms with E-state index in [9.17, 15) is 14.7 Å². The molecular formula is C16H16O5. The van der Waals surface area contributed by atoms with Gasteiger partial charge in [0.25, 0.3) is 0 Å². The van der Waals surface area contributed by atoms with Gasteiger partial charge in [-0.05, 0) is 5.56 Å². The number of carbonyl (C=O) groups excluding carboxylic acids is 1. The predicted molar refractivity (Wildman–Crippen MR) is 73.5 cm³/mol. The molecule has 1 aromatic carbocycles. The van der Waals surface area contributed by atoms with Gasteiger partial charge in [-0.15, -0.1) is 0 Å². The normalized spacial score (nSPS) is 29.5. The number of rotatable bonds is 5. The maximum atomic E-state index is 12.1. The van der Waals surface area contributed by atoms with Gasteiger partial charge in [0.1, 0.15) is 11.8 Å². The molecule has 21 heavy (non-hydrogen) atoms. The molecule has 0 aromatic heterocycles. The van der Waals surface area contributed by atoms with Gasteiger partial charge < -0.3 is 14.6 Å². The molecule has 5 heteroatoms. The van der Waals surface area contributed by atoms with Crippen molar-refractivity contribution in [3.8, 4) is 0 Å².